The van der Waals surface area contributed by atoms with Crippen molar-refractivity contribution in [2.45, 2.75) is 50.9 Å². The van der Waals surface area contributed by atoms with Gasteiger partial charge in [-0.1, -0.05) is 19.2 Å². The van der Waals surface area contributed by atoms with Crippen LogP contribution in [0.1, 0.15) is 61.1 Å². The average molecular weight is 880 g/mol. The minimum absolute atomic E-state index is 0.0885. The van der Waals surface area contributed by atoms with Crippen LogP contribution in [0.25, 0.3) is 32.7 Å². The molecule has 6 heterocycles. The molecule has 16 heteroatoms. The van der Waals surface area contributed by atoms with Gasteiger partial charge in [0, 0.05) is 84.3 Å². The number of carbonyl (C=O) groups is 5. The third kappa shape index (κ3) is 11.7. The lowest BCUT2D eigenvalue weighted by Gasteiger charge is -2.33. The van der Waals surface area contributed by atoms with Gasteiger partial charge in [0.25, 0.3) is 0 Å². The van der Waals surface area contributed by atoms with Crippen molar-refractivity contribution in [2.75, 3.05) is 26.2 Å². The smallest absolute Gasteiger partial charge is 0.234 e. The summed E-state index contributed by atoms with van der Waals surface area (Å²) < 4.78 is 51.1. The van der Waals surface area contributed by atoms with Crippen molar-refractivity contribution in [3.8, 4) is 0 Å². The molecule has 3 aliphatic heterocycles. The van der Waals surface area contributed by atoms with E-state index in [2.05, 4.69) is 44.1 Å². The molecule has 6 N–H and O–H groups in total. The molecule has 0 radical (unpaired) electrons. The van der Waals surface area contributed by atoms with Crippen molar-refractivity contribution in [1.29, 1.82) is 0 Å². The highest BCUT2D eigenvalue weighted by atomic mass is 19.1. The number of fused-ring (bicyclic) bond motifs is 3. The zero-order valence-electron chi connectivity index (χ0n) is 35.2. The van der Waals surface area contributed by atoms with Crippen LogP contribution < -0.4 is 16.0 Å². The third-order valence-corrected chi connectivity index (χ3v) is 11.2. The third-order valence-electron chi connectivity index (χ3n) is 11.2. The van der Waals surface area contributed by atoms with Gasteiger partial charge in [-0.2, -0.15) is 0 Å². The van der Waals surface area contributed by atoms with Gasteiger partial charge in [0.2, 0.25) is 29.5 Å². The highest BCUT2D eigenvalue weighted by Gasteiger charge is 2.34. The molecule has 64 heavy (non-hydrogen) atoms. The zero-order chi connectivity index (χ0) is 45.9. The number of hydrogen-bond donors (Lipinski definition) is 6. The molecule has 2 unspecified atom stereocenters. The van der Waals surface area contributed by atoms with Gasteiger partial charge in [-0.15, -0.1) is 0 Å². The topological polar surface area (TPSA) is 172 Å². The maximum Gasteiger partial charge on any atom is 0.234 e. The molecule has 0 aliphatic carbocycles. The van der Waals surface area contributed by atoms with E-state index >= 15 is 0 Å². The van der Waals surface area contributed by atoms with Gasteiger partial charge in [0.15, 0.2) is 0 Å². The van der Waals surface area contributed by atoms with Crippen LogP contribution in [0, 0.1) is 23.4 Å². The maximum atomic E-state index is 13.3. The molecule has 0 bridgehead atoms. The zero-order valence-corrected chi connectivity index (χ0v) is 35.2. The summed E-state index contributed by atoms with van der Waals surface area (Å²) >= 11 is 0. The number of allylic oxidation sites excluding steroid dienone is 4. The van der Waals surface area contributed by atoms with Crippen LogP contribution in [0.3, 0.4) is 0 Å². The van der Waals surface area contributed by atoms with E-state index in [-0.39, 0.29) is 65.7 Å². The Bertz CT molecular complexity index is 2720. The summed E-state index contributed by atoms with van der Waals surface area (Å²) in [5.41, 5.74) is 4.86. The Morgan fingerprint density at radius 1 is 0.797 bits per heavy atom. The van der Waals surface area contributed by atoms with Crippen LogP contribution in [0.15, 0.2) is 110 Å². The molecule has 3 aromatic heterocycles. The van der Waals surface area contributed by atoms with Gasteiger partial charge in [-0.3, -0.25) is 34.6 Å². The van der Waals surface area contributed by atoms with E-state index in [1.807, 2.05) is 17.2 Å². The lowest BCUT2D eigenvalue weighted by Crippen LogP contribution is -2.41. The molecule has 0 saturated carbocycles. The molecule has 9 rings (SSSR count). The first-order chi connectivity index (χ1) is 30.7. The number of hydrogen-bond acceptors (Lipinski definition) is 6. The Morgan fingerprint density at radius 3 is 1.88 bits per heavy atom. The van der Waals surface area contributed by atoms with E-state index in [0.717, 1.165) is 84.3 Å². The fourth-order valence-electron chi connectivity index (χ4n) is 8.11. The number of amides is 5. The molecule has 3 fully saturated rings. The molecular weight excluding hydrogens is 831 g/mol. The number of likely N-dealkylation sites (tertiary alicyclic amines) is 1. The van der Waals surface area contributed by atoms with Crippen LogP contribution >= 0.6 is 0 Å². The van der Waals surface area contributed by atoms with Gasteiger partial charge in [0.05, 0.1) is 18.3 Å². The first kappa shape index (κ1) is 46.4. The number of benzene rings is 3. The number of aromatic amines is 3. The van der Waals surface area contributed by atoms with E-state index in [1.165, 1.54) is 55.0 Å². The van der Waals surface area contributed by atoms with Gasteiger partial charge in [-0.05, 0) is 115 Å². The van der Waals surface area contributed by atoms with Crippen molar-refractivity contribution in [3.63, 3.8) is 0 Å². The first-order valence-electron chi connectivity index (χ1n) is 20.8. The second kappa shape index (κ2) is 21.3. The van der Waals surface area contributed by atoms with Crippen LogP contribution in [0.2, 0.25) is 0 Å². The van der Waals surface area contributed by atoms with E-state index in [1.54, 1.807) is 30.6 Å². The largest absolute Gasteiger partial charge is 0.361 e. The van der Waals surface area contributed by atoms with Gasteiger partial charge >= 0.3 is 0 Å². The maximum absolute atomic E-state index is 13.3. The van der Waals surface area contributed by atoms with Gasteiger partial charge < -0.3 is 25.2 Å². The number of nitrogens with zero attached hydrogens (tertiary/aromatic N) is 1. The summed E-state index contributed by atoms with van der Waals surface area (Å²) in [6.07, 6.45) is 12.2. The fourth-order valence-corrected chi connectivity index (χ4v) is 8.11. The SMILES string of the molecule is C=C/C=C(/F)C=C.CC(=O)NC(=O)Cc1c[nH]c2cc(F)ccc12.O=C(C1CCNC1)N1CCC(c2c[nH]c3cc(F)ccc23)CC1.O=C1CC(c2c[nH]c3cc(F)ccc23)C(=O)N1. The summed E-state index contributed by atoms with van der Waals surface area (Å²) in [6.45, 7) is 11.2. The lowest BCUT2D eigenvalue weighted by molar-refractivity contribution is -0.136. The van der Waals surface area contributed by atoms with Crippen molar-refractivity contribution >= 4 is 62.2 Å². The predicted octanol–water partition coefficient (Wildman–Crippen LogP) is 7.78. The van der Waals surface area contributed by atoms with E-state index < -0.39 is 5.92 Å². The second-order valence-corrected chi connectivity index (χ2v) is 15.6. The Morgan fingerprint density at radius 2 is 1.36 bits per heavy atom. The van der Waals surface area contributed by atoms with E-state index in [4.69, 9.17) is 0 Å². The highest BCUT2D eigenvalue weighted by molar-refractivity contribution is 6.08. The molecule has 334 valence electrons. The van der Waals surface area contributed by atoms with Gasteiger partial charge in [-0.25, -0.2) is 17.6 Å². The number of H-pyrrole nitrogens is 3. The number of aromatic nitrogens is 3. The summed E-state index contributed by atoms with van der Waals surface area (Å²) in [5.74, 6) is -2.09. The number of halogens is 4. The van der Waals surface area contributed by atoms with E-state index in [0.29, 0.717) is 22.9 Å². The quantitative estimate of drug-likeness (QED) is 0.0543. The van der Waals surface area contributed by atoms with Crippen LogP contribution in [-0.2, 0) is 30.4 Å². The standard InChI is InChI=1S/C18H22FN3O.C12H9FN2O2.C12H11FN2O2.C6H7F/c19-14-1-2-15-16(11-21-17(15)9-14)12-4-7-22(8-5-12)18(23)13-3-6-20-10-13;13-6-1-2-7-9(5-14-10(7)3-6)8-4-11(16)15-12(8)17;1-7(16)15-12(17)4-8-6-14-11-5-9(13)2-3-10(8)11;1-3-5-6(7)4-2/h1-2,9,11-13,20-21H,3-8,10H2;1-3,5,8,14H,4H2,(H,15,16,17);2-3,5-6,14H,4H2,1H3,(H,15,16,17);3-5H,1-2H2/b;;;6-5+. The molecule has 3 saturated heterocycles. The number of carbonyl (C=O) groups excluding carboxylic acids is 5. The number of imide groups is 2. The first-order valence-corrected chi connectivity index (χ1v) is 20.8. The van der Waals surface area contributed by atoms with Crippen LogP contribution in [-0.4, -0.2) is 75.6 Å². The summed E-state index contributed by atoms with van der Waals surface area (Å²) in [4.78, 5) is 68.3. The summed E-state index contributed by atoms with van der Waals surface area (Å²) in [5, 5.41) is 10.4. The Balaban J connectivity index is 0.000000150. The number of nitrogens with one attached hydrogen (secondary N) is 6. The summed E-state index contributed by atoms with van der Waals surface area (Å²) in [6, 6.07) is 13.6. The Kier molecular flexibility index (Phi) is 15.5. The molecule has 2 atom stereocenters. The summed E-state index contributed by atoms with van der Waals surface area (Å²) in [7, 11) is 0. The molecule has 5 amide bonds. The molecular formula is C48H49F4N7O5. The molecule has 12 nitrogen and oxygen atoms in total. The molecule has 6 aromatic rings. The van der Waals surface area contributed by atoms with Crippen molar-refractivity contribution in [1.82, 2.24) is 35.8 Å². The minimum atomic E-state index is -0.471. The van der Waals surface area contributed by atoms with Crippen molar-refractivity contribution in [2.24, 2.45) is 5.92 Å². The lowest BCUT2D eigenvalue weighted by atomic mass is 9.88. The van der Waals surface area contributed by atoms with Crippen LogP contribution in [0.4, 0.5) is 17.6 Å². The van der Waals surface area contributed by atoms with Crippen LogP contribution in [0.5, 0.6) is 0 Å². The number of rotatable bonds is 7. The Hall–Kier alpha value is -7.07. The second-order valence-electron chi connectivity index (χ2n) is 15.6. The normalized spacial score (nSPS) is 17.5. The van der Waals surface area contributed by atoms with Crippen molar-refractivity contribution in [3.05, 3.63) is 145 Å². The minimum Gasteiger partial charge on any atom is -0.361 e. The van der Waals surface area contributed by atoms with Crippen molar-refractivity contribution < 1.29 is 41.5 Å². The monoisotopic (exact) mass is 879 g/mol. The fraction of sp³-hybridized carbons (Fsp3) is 0.271. The van der Waals surface area contributed by atoms with Gasteiger partial charge in [0.1, 0.15) is 23.3 Å². The predicted molar refractivity (Wildman–Crippen MR) is 237 cm³/mol. The molecule has 3 aromatic carbocycles. The Labute approximate surface area is 366 Å². The molecule has 0 spiro atoms. The average Bonchev–Trinajstić information content (AvgIpc) is 4.13. The van der Waals surface area contributed by atoms with E-state index in [9.17, 15) is 41.5 Å². The number of piperidine rings is 1. The molecule has 3 aliphatic rings. The highest BCUT2D eigenvalue weighted by Crippen LogP contribution is 2.34.